The molecular formula is C27H31N7O5. The zero-order chi connectivity index (χ0) is 27.0. The molecule has 2 aromatic carbocycles. The summed E-state index contributed by atoms with van der Waals surface area (Å²) in [6.45, 7) is 5.64. The zero-order valence-electron chi connectivity index (χ0n) is 21.5. The molecule has 5 rings (SSSR count). The molecule has 0 aliphatic carbocycles. The molecule has 3 aromatic rings. The number of benzene rings is 2. The lowest BCUT2D eigenvalue weighted by Gasteiger charge is -2.26. The Morgan fingerprint density at radius 1 is 0.949 bits per heavy atom. The normalized spacial score (nSPS) is 16.1. The van der Waals surface area contributed by atoms with E-state index < -0.39 is 6.03 Å². The van der Waals surface area contributed by atoms with Crippen molar-refractivity contribution in [2.45, 2.75) is 0 Å². The van der Waals surface area contributed by atoms with E-state index >= 15 is 0 Å². The number of carbonyl (C=O) groups excluding carboxylic acids is 2. The molecule has 2 saturated heterocycles. The van der Waals surface area contributed by atoms with Gasteiger partial charge in [0.05, 0.1) is 26.0 Å². The molecule has 2 aliphatic rings. The van der Waals surface area contributed by atoms with Gasteiger partial charge in [0.2, 0.25) is 0 Å². The van der Waals surface area contributed by atoms with Crippen molar-refractivity contribution in [3.05, 3.63) is 54.7 Å². The van der Waals surface area contributed by atoms with Crippen LogP contribution in [-0.2, 0) is 14.3 Å². The first-order chi connectivity index (χ1) is 19.0. The van der Waals surface area contributed by atoms with Gasteiger partial charge in [-0.05, 0) is 48.5 Å². The molecule has 39 heavy (non-hydrogen) atoms. The Bertz CT molecular complexity index is 1280. The Balaban J connectivity index is 1.12. The van der Waals surface area contributed by atoms with E-state index in [0.717, 1.165) is 44.1 Å². The van der Waals surface area contributed by atoms with Crippen LogP contribution in [-0.4, -0.2) is 86.0 Å². The number of hydrogen-bond donors (Lipinski definition) is 3. The molecule has 3 amide bonds. The first-order valence-electron chi connectivity index (χ1n) is 12.8. The fraction of sp³-hybridized carbons (Fsp3) is 0.333. The van der Waals surface area contributed by atoms with Gasteiger partial charge in [0.15, 0.2) is 17.4 Å². The van der Waals surface area contributed by atoms with Crippen LogP contribution >= 0.6 is 0 Å². The van der Waals surface area contributed by atoms with Crippen molar-refractivity contribution < 1.29 is 23.8 Å². The number of nitrogens with two attached hydrogens (primary N) is 1. The lowest BCUT2D eigenvalue weighted by atomic mass is 10.2. The molecule has 12 nitrogen and oxygen atoms in total. The van der Waals surface area contributed by atoms with E-state index in [2.05, 4.69) is 25.5 Å². The summed E-state index contributed by atoms with van der Waals surface area (Å²) in [6, 6.07) is 13.8. The fourth-order valence-corrected chi connectivity index (χ4v) is 4.26. The SMILES string of the molecule is Nc1nc(-c2ccc(NC(=O)Nc3ccc(N4CCOCC4=O)cc3)cc2)ncc1OCCN1CCOCC1. The van der Waals surface area contributed by atoms with Crippen molar-refractivity contribution in [3.63, 3.8) is 0 Å². The highest BCUT2D eigenvalue weighted by Gasteiger charge is 2.20. The smallest absolute Gasteiger partial charge is 0.323 e. The van der Waals surface area contributed by atoms with Gasteiger partial charge in [-0.2, -0.15) is 0 Å². The summed E-state index contributed by atoms with van der Waals surface area (Å²) in [7, 11) is 0. The van der Waals surface area contributed by atoms with Crippen molar-refractivity contribution >= 4 is 34.8 Å². The monoisotopic (exact) mass is 533 g/mol. The van der Waals surface area contributed by atoms with Gasteiger partial charge in [0, 0.05) is 48.8 Å². The maximum absolute atomic E-state index is 12.5. The van der Waals surface area contributed by atoms with Crippen molar-refractivity contribution in [1.82, 2.24) is 14.9 Å². The fourth-order valence-electron chi connectivity index (χ4n) is 4.26. The second-order valence-corrected chi connectivity index (χ2v) is 9.05. The van der Waals surface area contributed by atoms with Crippen molar-refractivity contribution in [1.29, 1.82) is 0 Å². The van der Waals surface area contributed by atoms with Crippen LogP contribution in [0.15, 0.2) is 54.7 Å². The highest BCUT2D eigenvalue weighted by molar-refractivity contribution is 6.00. The third-order valence-corrected chi connectivity index (χ3v) is 6.38. The van der Waals surface area contributed by atoms with Gasteiger partial charge >= 0.3 is 6.03 Å². The summed E-state index contributed by atoms with van der Waals surface area (Å²) in [5.41, 5.74) is 8.82. The van der Waals surface area contributed by atoms with E-state index in [1.807, 2.05) is 0 Å². The van der Waals surface area contributed by atoms with Crippen LogP contribution in [0.25, 0.3) is 11.4 Å². The molecule has 3 heterocycles. The van der Waals surface area contributed by atoms with Crippen LogP contribution in [0, 0.1) is 0 Å². The number of nitrogens with zero attached hydrogens (tertiary/aromatic N) is 4. The highest BCUT2D eigenvalue weighted by atomic mass is 16.5. The van der Waals surface area contributed by atoms with Crippen molar-refractivity contribution in [2.24, 2.45) is 0 Å². The molecule has 1 aromatic heterocycles. The van der Waals surface area contributed by atoms with Crippen LogP contribution in [0.3, 0.4) is 0 Å². The minimum Gasteiger partial charge on any atom is -0.487 e. The number of urea groups is 1. The summed E-state index contributed by atoms with van der Waals surface area (Å²) in [6.07, 6.45) is 1.58. The molecule has 204 valence electrons. The number of nitrogens with one attached hydrogen (secondary N) is 2. The Hall–Kier alpha value is -4.26. The number of amides is 3. The van der Waals surface area contributed by atoms with E-state index in [1.165, 1.54) is 0 Å². The van der Waals surface area contributed by atoms with Crippen molar-refractivity contribution in [3.8, 4) is 17.1 Å². The minimum absolute atomic E-state index is 0.0795. The lowest BCUT2D eigenvalue weighted by molar-refractivity contribution is -0.125. The molecule has 0 spiro atoms. The quantitative estimate of drug-likeness (QED) is 0.398. The Labute approximate surface area is 226 Å². The van der Waals surface area contributed by atoms with Gasteiger partial charge in [-0.1, -0.05) is 0 Å². The van der Waals surface area contributed by atoms with Crippen molar-refractivity contribution in [2.75, 3.05) is 80.5 Å². The van der Waals surface area contributed by atoms with E-state index in [0.29, 0.717) is 42.7 Å². The van der Waals surface area contributed by atoms with Crippen LogP contribution in [0.1, 0.15) is 0 Å². The first-order valence-corrected chi connectivity index (χ1v) is 12.8. The zero-order valence-corrected chi connectivity index (χ0v) is 21.5. The van der Waals surface area contributed by atoms with E-state index in [4.69, 9.17) is 19.9 Å². The topological polar surface area (TPSA) is 144 Å². The van der Waals surface area contributed by atoms with Gasteiger partial charge in [-0.3, -0.25) is 9.69 Å². The summed E-state index contributed by atoms with van der Waals surface area (Å²) < 4.78 is 16.3. The molecule has 0 radical (unpaired) electrons. The largest absolute Gasteiger partial charge is 0.487 e. The summed E-state index contributed by atoms with van der Waals surface area (Å²) in [5, 5.41) is 5.58. The minimum atomic E-state index is -0.392. The van der Waals surface area contributed by atoms with Gasteiger partial charge in [-0.25, -0.2) is 14.8 Å². The number of carbonyl (C=O) groups is 2. The third kappa shape index (κ3) is 6.99. The summed E-state index contributed by atoms with van der Waals surface area (Å²) >= 11 is 0. The van der Waals surface area contributed by atoms with Crippen LogP contribution in [0.2, 0.25) is 0 Å². The summed E-state index contributed by atoms with van der Waals surface area (Å²) in [5.74, 6) is 1.10. The Morgan fingerprint density at radius 2 is 1.62 bits per heavy atom. The number of morpholine rings is 2. The highest BCUT2D eigenvalue weighted by Crippen LogP contribution is 2.24. The Morgan fingerprint density at radius 3 is 2.28 bits per heavy atom. The summed E-state index contributed by atoms with van der Waals surface area (Å²) in [4.78, 5) is 37.2. The van der Waals surface area contributed by atoms with Gasteiger partial charge in [0.25, 0.3) is 5.91 Å². The maximum atomic E-state index is 12.5. The molecule has 0 saturated carbocycles. The maximum Gasteiger partial charge on any atom is 0.323 e. The molecule has 2 aliphatic heterocycles. The number of rotatable bonds is 8. The standard InChI is InChI=1S/C27H31N7O5/c28-25-23(39-16-11-33-9-13-37-14-10-33)17-29-26(32-25)19-1-3-20(4-2-19)30-27(36)31-21-5-7-22(8-6-21)34-12-15-38-18-24(34)35/h1-8,17H,9-16,18H2,(H2,28,29,32)(H2,30,31,36). The number of hydrogen-bond acceptors (Lipinski definition) is 9. The Kier molecular flexibility index (Phi) is 8.46. The number of ether oxygens (including phenoxy) is 3. The van der Waals surface area contributed by atoms with Gasteiger partial charge in [-0.15, -0.1) is 0 Å². The number of nitrogen functional groups attached to an aromatic ring is 1. The van der Waals surface area contributed by atoms with Crippen LogP contribution in [0.4, 0.5) is 27.7 Å². The molecular weight excluding hydrogens is 502 g/mol. The predicted molar refractivity (Wildman–Crippen MR) is 147 cm³/mol. The average molecular weight is 534 g/mol. The van der Waals surface area contributed by atoms with E-state index in [9.17, 15) is 9.59 Å². The molecule has 0 atom stereocenters. The van der Waals surface area contributed by atoms with Crippen LogP contribution < -0.4 is 26.0 Å². The third-order valence-electron chi connectivity index (χ3n) is 6.38. The van der Waals surface area contributed by atoms with Gasteiger partial charge < -0.3 is 35.5 Å². The molecule has 2 fully saturated rings. The van der Waals surface area contributed by atoms with E-state index in [1.54, 1.807) is 59.6 Å². The first kappa shape index (κ1) is 26.4. The number of anilines is 4. The number of aromatic nitrogens is 2. The molecule has 0 bridgehead atoms. The second-order valence-electron chi connectivity index (χ2n) is 9.05. The average Bonchev–Trinajstić information content (AvgIpc) is 2.96. The van der Waals surface area contributed by atoms with Crippen LogP contribution in [0.5, 0.6) is 5.75 Å². The van der Waals surface area contributed by atoms with E-state index in [-0.39, 0.29) is 18.3 Å². The molecule has 0 unspecified atom stereocenters. The second kappa shape index (κ2) is 12.5. The lowest BCUT2D eigenvalue weighted by Crippen LogP contribution is -2.41. The predicted octanol–water partition coefficient (Wildman–Crippen LogP) is 2.44. The van der Waals surface area contributed by atoms with Gasteiger partial charge in [0.1, 0.15) is 13.2 Å². The molecule has 12 heteroatoms. The molecule has 4 N–H and O–H groups in total.